The number of nitro groups is 1. The van der Waals surface area contributed by atoms with Gasteiger partial charge in [0.15, 0.2) is 6.61 Å². The van der Waals surface area contributed by atoms with Crippen molar-refractivity contribution in [3.8, 4) is 0 Å². The van der Waals surface area contributed by atoms with Crippen LogP contribution in [0.2, 0.25) is 0 Å². The van der Waals surface area contributed by atoms with Crippen LogP contribution in [0.4, 0.5) is 17.1 Å². The third-order valence-electron chi connectivity index (χ3n) is 8.48. The maximum absolute atomic E-state index is 13.9. The van der Waals surface area contributed by atoms with Crippen LogP contribution in [0.1, 0.15) is 44.4 Å². The molecule has 0 spiro atoms. The van der Waals surface area contributed by atoms with Gasteiger partial charge in [-0.25, -0.2) is 9.69 Å². The van der Waals surface area contributed by atoms with Gasteiger partial charge in [0.25, 0.3) is 11.6 Å². The van der Waals surface area contributed by atoms with E-state index in [1.165, 1.54) is 53.4 Å². The van der Waals surface area contributed by atoms with E-state index < -0.39 is 35.2 Å². The standard InChI is InChI=1S/C33H23N3O7/c37-26(34-19-6-5-7-21(16-19)36(41)42)17-43-33(40)18-12-14-20(15-13-18)35-31(38)29-27-22-8-1-2-9-23(22)28(30(29)32(35)39)25-11-4-3-10-24(25)27/h1-16,27-30H,17H2,(H,34,37)/t27?,28?,29-,30-/m0/s1. The number of amides is 3. The highest BCUT2D eigenvalue weighted by molar-refractivity contribution is 6.23. The minimum absolute atomic E-state index is 0.128. The summed E-state index contributed by atoms with van der Waals surface area (Å²) in [5.74, 6) is -3.44. The first-order valence-corrected chi connectivity index (χ1v) is 13.7. The monoisotopic (exact) mass is 573 g/mol. The Labute approximate surface area is 245 Å². The second kappa shape index (κ2) is 10.0. The fourth-order valence-electron chi connectivity index (χ4n) is 6.79. The van der Waals surface area contributed by atoms with Gasteiger partial charge in [-0.3, -0.25) is 24.5 Å². The minimum Gasteiger partial charge on any atom is -0.452 e. The summed E-state index contributed by atoms with van der Waals surface area (Å²) in [5.41, 5.74) is 4.84. The number of imide groups is 1. The number of ether oxygens (including phenoxy) is 1. The van der Waals surface area contributed by atoms with E-state index in [0.29, 0.717) is 5.69 Å². The third-order valence-corrected chi connectivity index (χ3v) is 8.48. The van der Waals surface area contributed by atoms with E-state index >= 15 is 0 Å². The second-order valence-electron chi connectivity index (χ2n) is 10.8. The molecule has 10 nitrogen and oxygen atoms in total. The van der Waals surface area contributed by atoms with Crippen LogP contribution in [-0.4, -0.2) is 35.2 Å². The summed E-state index contributed by atoms with van der Waals surface area (Å²) in [4.78, 5) is 64.2. The lowest BCUT2D eigenvalue weighted by Crippen LogP contribution is -2.41. The Balaban J connectivity index is 1.07. The molecule has 1 aliphatic heterocycles. The largest absolute Gasteiger partial charge is 0.452 e. The maximum atomic E-state index is 13.9. The summed E-state index contributed by atoms with van der Waals surface area (Å²) < 4.78 is 5.10. The summed E-state index contributed by atoms with van der Waals surface area (Å²) in [6, 6.07) is 27.4. The molecule has 1 fully saturated rings. The molecule has 1 saturated heterocycles. The van der Waals surface area contributed by atoms with Crippen LogP contribution in [0.25, 0.3) is 0 Å². The smallest absolute Gasteiger partial charge is 0.338 e. The Hall–Kier alpha value is -5.64. The zero-order valence-electron chi connectivity index (χ0n) is 22.5. The highest BCUT2D eigenvalue weighted by atomic mass is 16.6. The number of nitro benzene ring substituents is 1. The summed E-state index contributed by atoms with van der Waals surface area (Å²) in [5, 5.41) is 13.4. The Morgan fingerprint density at radius 1 is 0.767 bits per heavy atom. The number of benzene rings is 4. The molecular formula is C33H23N3O7. The topological polar surface area (TPSA) is 136 Å². The molecule has 3 aliphatic carbocycles. The molecule has 212 valence electrons. The number of nitrogens with one attached hydrogen (secondary N) is 1. The van der Waals surface area contributed by atoms with E-state index in [1.54, 1.807) is 0 Å². The van der Waals surface area contributed by atoms with Gasteiger partial charge in [0.1, 0.15) is 0 Å². The van der Waals surface area contributed by atoms with E-state index in [0.717, 1.165) is 22.3 Å². The molecule has 0 radical (unpaired) electrons. The lowest BCUT2D eigenvalue weighted by Gasteiger charge is -2.45. The van der Waals surface area contributed by atoms with Crippen molar-refractivity contribution in [2.75, 3.05) is 16.8 Å². The van der Waals surface area contributed by atoms with Crippen LogP contribution >= 0.6 is 0 Å². The molecule has 1 heterocycles. The first-order valence-electron chi connectivity index (χ1n) is 13.7. The maximum Gasteiger partial charge on any atom is 0.338 e. The highest BCUT2D eigenvalue weighted by Gasteiger charge is 2.61. The number of carbonyl (C=O) groups is 4. The Kier molecular flexibility index (Phi) is 6.12. The second-order valence-corrected chi connectivity index (χ2v) is 10.8. The van der Waals surface area contributed by atoms with E-state index in [4.69, 9.17) is 4.74 Å². The van der Waals surface area contributed by atoms with Crippen molar-refractivity contribution in [1.82, 2.24) is 0 Å². The Bertz CT molecular complexity index is 1740. The highest BCUT2D eigenvalue weighted by Crippen LogP contribution is 2.61. The van der Waals surface area contributed by atoms with Crippen molar-refractivity contribution in [3.63, 3.8) is 0 Å². The van der Waals surface area contributed by atoms with Gasteiger partial charge >= 0.3 is 5.97 Å². The van der Waals surface area contributed by atoms with Crippen LogP contribution in [0.3, 0.4) is 0 Å². The third kappa shape index (κ3) is 4.18. The lowest BCUT2D eigenvalue weighted by molar-refractivity contribution is -0.384. The van der Waals surface area contributed by atoms with Gasteiger partial charge < -0.3 is 10.1 Å². The number of hydrogen-bond donors (Lipinski definition) is 1. The number of nitrogens with zero attached hydrogens (tertiary/aromatic N) is 2. The average Bonchev–Trinajstić information content (AvgIpc) is 3.30. The molecule has 4 aromatic carbocycles. The number of esters is 1. The van der Waals surface area contributed by atoms with Crippen LogP contribution in [0.5, 0.6) is 0 Å². The molecule has 3 amide bonds. The molecule has 0 saturated carbocycles. The van der Waals surface area contributed by atoms with Crippen molar-refractivity contribution < 1.29 is 28.8 Å². The lowest BCUT2D eigenvalue weighted by atomic mass is 9.55. The van der Waals surface area contributed by atoms with Crippen molar-refractivity contribution in [2.24, 2.45) is 11.8 Å². The van der Waals surface area contributed by atoms with Crippen molar-refractivity contribution >= 4 is 40.8 Å². The molecule has 43 heavy (non-hydrogen) atoms. The van der Waals surface area contributed by atoms with E-state index in [9.17, 15) is 29.3 Å². The van der Waals surface area contributed by atoms with Gasteiger partial charge in [-0.05, 0) is 52.6 Å². The Morgan fingerprint density at radius 2 is 1.30 bits per heavy atom. The van der Waals surface area contributed by atoms with Crippen LogP contribution in [-0.2, 0) is 19.1 Å². The molecule has 2 atom stereocenters. The zero-order chi connectivity index (χ0) is 29.8. The summed E-state index contributed by atoms with van der Waals surface area (Å²) in [6.45, 7) is -0.611. The number of anilines is 2. The van der Waals surface area contributed by atoms with Gasteiger partial charge in [0.05, 0.1) is 28.0 Å². The van der Waals surface area contributed by atoms with E-state index in [-0.39, 0.29) is 40.6 Å². The molecule has 1 N–H and O–H groups in total. The quantitative estimate of drug-likeness (QED) is 0.152. The first-order chi connectivity index (χ1) is 20.8. The van der Waals surface area contributed by atoms with Crippen LogP contribution < -0.4 is 10.2 Å². The summed E-state index contributed by atoms with van der Waals surface area (Å²) in [6.07, 6.45) is 0. The van der Waals surface area contributed by atoms with Crippen LogP contribution in [0.15, 0.2) is 97.1 Å². The molecular weight excluding hydrogens is 550 g/mol. The van der Waals surface area contributed by atoms with E-state index in [1.807, 2.05) is 48.5 Å². The van der Waals surface area contributed by atoms with Crippen LogP contribution in [0, 0.1) is 22.0 Å². The normalized spacial score (nSPS) is 21.1. The molecule has 2 bridgehead atoms. The van der Waals surface area contributed by atoms with Gasteiger partial charge in [-0.1, -0.05) is 54.6 Å². The Morgan fingerprint density at radius 3 is 1.81 bits per heavy atom. The number of hydrogen-bond acceptors (Lipinski definition) is 7. The summed E-state index contributed by atoms with van der Waals surface area (Å²) >= 11 is 0. The van der Waals surface area contributed by atoms with Crippen molar-refractivity contribution in [2.45, 2.75) is 11.8 Å². The van der Waals surface area contributed by atoms with Crippen molar-refractivity contribution in [3.05, 3.63) is 135 Å². The van der Waals surface area contributed by atoms with Crippen molar-refractivity contribution in [1.29, 1.82) is 0 Å². The van der Waals surface area contributed by atoms with Gasteiger partial charge in [0.2, 0.25) is 11.8 Å². The fourth-order valence-corrected chi connectivity index (χ4v) is 6.79. The predicted octanol–water partition coefficient (Wildman–Crippen LogP) is 4.79. The fraction of sp³-hybridized carbons (Fsp3) is 0.152. The van der Waals surface area contributed by atoms with Gasteiger partial charge in [-0.2, -0.15) is 0 Å². The minimum atomic E-state index is -0.780. The van der Waals surface area contributed by atoms with Gasteiger partial charge in [-0.15, -0.1) is 0 Å². The van der Waals surface area contributed by atoms with E-state index in [2.05, 4.69) is 5.32 Å². The molecule has 10 heteroatoms. The molecule has 0 unspecified atom stereocenters. The molecule has 8 rings (SSSR count). The first kappa shape index (κ1) is 26.3. The SMILES string of the molecule is O=C(COC(=O)c1ccc(N2C(=O)[C@H]3C4c5ccccc5C(c5ccccc54)[C@@H]3C2=O)cc1)Nc1cccc([N+](=O)[O-])c1. The molecule has 0 aromatic heterocycles. The molecule has 4 aromatic rings. The predicted molar refractivity (Wildman–Crippen MR) is 154 cm³/mol. The molecule has 4 aliphatic rings. The summed E-state index contributed by atoms with van der Waals surface area (Å²) in [7, 11) is 0. The number of non-ortho nitro benzene ring substituents is 1. The zero-order valence-corrected chi connectivity index (χ0v) is 22.5. The van der Waals surface area contributed by atoms with Gasteiger partial charge in [0, 0.05) is 29.7 Å². The number of rotatable bonds is 6. The number of carbonyl (C=O) groups excluding carboxylic acids is 4. The average molecular weight is 574 g/mol.